The Bertz CT molecular complexity index is 212. The van der Waals surface area contributed by atoms with Crippen molar-refractivity contribution in [2.24, 2.45) is 17.3 Å². The van der Waals surface area contributed by atoms with Crippen LogP contribution in [0.2, 0.25) is 0 Å². The molecule has 0 radical (unpaired) electrons. The fraction of sp³-hybridized carbons (Fsp3) is 0.909. The lowest BCUT2D eigenvalue weighted by Crippen LogP contribution is -2.44. The van der Waals surface area contributed by atoms with Gasteiger partial charge in [-0.1, -0.05) is 13.8 Å². The smallest absolute Gasteiger partial charge is 0.139 e. The molecule has 2 aliphatic rings. The Morgan fingerprint density at radius 1 is 1.23 bits per heavy atom. The molecule has 0 spiro atoms. The van der Waals surface area contributed by atoms with E-state index < -0.39 is 0 Å². The minimum Gasteiger partial charge on any atom is -0.393 e. The lowest BCUT2D eigenvalue weighted by atomic mass is 9.61. The van der Waals surface area contributed by atoms with Gasteiger partial charge in [0.05, 0.1) is 6.10 Å². The highest BCUT2D eigenvalue weighted by molar-refractivity contribution is 5.85. The van der Waals surface area contributed by atoms with Crippen LogP contribution in [0, 0.1) is 17.3 Å². The molecule has 2 nitrogen and oxygen atoms in total. The summed E-state index contributed by atoms with van der Waals surface area (Å²) in [5, 5.41) is 9.55. The number of carbonyl (C=O) groups excluding carboxylic acids is 1. The van der Waals surface area contributed by atoms with E-state index in [1.54, 1.807) is 0 Å². The predicted molar refractivity (Wildman–Crippen MR) is 50.2 cm³/mol. The Hall–Kier alpha value is -0.370. The first kappa shape index (κ1) is 9.20. The molecule has 2 atom stereocenters. The predicted octanol–water partition coefficient (Wildman–Crippen LogP) is 1.76. The van der Waals surface area contributed by atoms with Crippen molar-refractivity contribution >= 4 is 5.78 Å². The van der Waals surface area contributed by atoms with Crippen LogP contribution in [0.1, 0.15) is 39.5 Å². The van der Waals surface area contributed by atoms with Gasteiger partial charge < -0.3 is 5.11 Å². The highest BCUT2D eigenvalue weighted by Crippen LogP contribution is 2.46. The number of hydrogen-bond donors (Lipinski definition) is 1. The first-order valence-corrected chi connectivity index (χ1v) is 5.20. The molecule has 13 heavy (non-hydrogen) atoms. The lowest BCUT2D eigenvalue weighted by Gasteiger charge is -2.43. The van der Waals surface area contributed by atoms with Crippen molar-refractivity contribution in [2.45, 2.75) is 45.6 Å². The van der Waals surface area contributed by atoms with Gasteiger partial charge in [0.1, 0.15) is 5.78 Å². The molecule has 2 bridgehead atoms. The van der Waals surface area contributed by atoms with Crippen LogP contribution < -0.4 is 0 Å². The van der Waals surface area contributed by atoms with Crippen molar-refractivity contribution in [1.29, 1.82) is 0 Å². The molecule has 0 aromatic rings. The fourth-order valence-corrected chi connectivity index (χ4v) is 3.10. The molecule has 0 aliphatic heterocycles. The second kappa shape index (κ2) is 2.81. The van der Waals surface area contributed by atoms with E-state index in [1.807, 2.05) is 0 Å². The molecule has 0 aromatic heterocycles. The summed E-state index contributed by atoms with van der Waals surface area (Å²) in [6.45, 7) is 4.47. The summed E-state index contributed by atoms with van der Waals surface area (Å²) >= 11 is 0. The normalized spacial score (nSPS) is 43.3. The standard InChI is InChI=1S/C11H18O2/c1-11(2)5-7-3-9(12)4-8(6-11)10(7)13/h7-9,12H,3-6H2,1-2H3. The molecule has 2 fully saturated rings. The quantitative estimate of drug-likeness (QED) is 0.620. The maximum Gasteiger partial charge on any atom is 0.139 e. The Labute approximate surface area is 79.3 Å². The van der Waals surface area contributed by atoms with E-state index in [4.69, 9.17) is 0 Å². The molecule has 2 rings (SSSR count). The Morgan fingerprint density at radius 3 is 2.15 bits per heavy atom. The van der Waals surface area contributed by atoms with Crippen LogP contribution in [0.25, 0.3) is 0 Å². The summed E-state index contributed by atoms with van der Waals surface area (Å²) in [5.74, 6) is 0.722. The minimum absolute atomic E-state index is 0.150. The molecule has 2 aliphatic carbocycles. The maximum atomic E-state index is 11.7. The molecule has 2 heteroatoms. The Kier molecular flexibility index (Phi) is 1.99. The number of aliphatic hydroxyl groups excluding tert-OH is 1. The van der Waals surface area contributed by atoms with Gasteiger partial charge in [0, 0.05) is 11.8 Å². The van der Waals surface area contributed by atoms with E-state index in [-0.39, 0.29) is 17.9 Å². The van der Waals surface area contributed by atoms with Gasteiger partial charge in [-0.3, -0.25) is 4.79 Å². The van der Waals surface area contributed by atoms with Crippen LogP contribution in [-0.4, -0.2) is 17.0 Å². The van der Waals surface area contributed by atoms with Gasteiger partial charge in [-0.2, -0.15) is 0 Å². The van der Waals surface area contributed by atoms with Crippen LogP contribution in [0.15, 0.2) is 0 Å². The van der Waals surface area contributed by atoms with Crippen molar-refractivity contribution in [3.63, 3.8) is 0 Å². The van der Waals surface area contributed by atoms with E-state index in [1.165, 1.54) is 0 Å². The van der Waals surface area contributed by atoms with Crippen LogP contribution in [0.4, 0.5) is 0 Å². The number of fused-ring (bicyclic) bond motifs is 2. The van der Waals surface area contributed by atoms with E-state index in [0.29, 0.717) is 24.0 Å². The summed E-state index contributed by atoms with van der Waals surface area (Å²) in [5.41, 5.74) is 0.309. The zero-order valence-corrected chi connectivity index (χ0v) is 8.42. The van der Waals surface area contributed by atoms with Crippen LogP contribution in [0.3, 0.4) is 0 Å². The Morgan fingerprint density at radius 2 is 1.69 bits per heavy atom. The third-order valence-electron chi connectivity index (χ3n) is 3.52. The molecule has 2 saturated carbocycles. The summed E-state index contributed by atoms with van der Waals surface area (Å²) in [6.07, 6.45) is 3.14. The van der Waals surface area contributed by atoms with Gasteiger partial charge in [-0.15, -0.1) is 0 Å². The van der Waals surface area contributed by atoms with Crippen molar-refractivity contribution < 1.29 is 9.90 Å². The Balaban J connectivity index is 2.18. The molecule has 1 N–H and O–H groups in total. The van der Waals surface area contributed by atoms with E-state index in [0.717, 1.165) is 12.8 Å². The average Bonchev–Trinajstić information content (AvgIpc) is 1.94. The minimum atomic E-state index is -0.219. The SMILES string of the molecule is CC1(C)CC2CC(O)CC(C1)C2=O. The molecule has 0 heterocycles. The van der Waals surface area contributed by atoms with Gasteiger partial charge >= 0.3 is 0 Å². The molecule has 0 aromatic carbocycles. The molecule has 0 saturated heterocycles. The summed E-state index contributed by atoms with van der Waals surface area (Å²) in [7, 11) is 0. The number of ketones is 1. The number of Topliss-reactive ketones (excluding diaryl/α,β-unsaturated/α-hetero) is 1. The lowest BCUT2D eigenvalue weighted by molar-refractivity contribution is -0.139. The van der Waals surface area contributed by atoms with Gasteiger partial charge in [-0.05, 0) is 31.1 Å². The summed E-state index contributed by atoms with van der Waals surface area (Å²) < 4.78 is 0. The molecular formula is C11H18O2. The van der Waals surface area contributed by atoms with Crippen molar-refractivity contribution in [3.8, 4) is 0 Å². The summed E-state index contributed by atoms with van der Waals surface area (Å²) in [6, 6.07) is 0. The highest BCUT2D eigenvalue weighted by Gasteiger charge is 2.44. The van der Waals surface area contributed by atoms with Gasteiger partial charge in [0.25, 0.3) is 0 Å². The monoisotopic (exact) mass is 182 g/mol. The molecule has 0 amide bonds. The number of carbonyl (C=O) groups is 1. The van der Waals surface area contributed by atoms with E-state index >= 15 is 0 Å². The van der Waals surface area contributed by atoms with E-state index in [9.17, 15) is 9.90 Å². The molecule has 2 unspecified atom stereocenters. The summed E-state index contributed by atoms with van der Waals surface area (Å²) in [4.78, 5) is 11.7. The van der Waals surface area contributed by atoms with E-state index in [2.05, 4.69) is 13.8 Å². The average molecular weight is 182 g/mol. The second-order valence-corrected chi connectivity index (χ2v) is 5.49. The van der Waals surface area contributed by atoms with Gasteiger partial charge in [-0.25, -0.2) is 0 Å². The first-order valence-electron chi connectivity index (χ1n) is 5.20. The number of hydrogen-bond acceptors (Lipinski definition) is 2. The topological polar surface area (TPSA) is 37.3 Å². The zero-order valence-electron chi connectivity index (χ0n) is 8.42. The van der Waals surface area contributed by atoms with Gasteiger partial charge in [0.15, 0.2) is 0 Å². The molecular weight excluding hydrogens is 164 g/mol. The second-order valence-electron chi connectivity index (χ2n) is 5.49. The fourth-order valence-electron chi connectivity index (χ4n) is 3.10. The number of rotatable bonds is 0. The van der Waals surface area contributed by atoms with Gasteiger partial charge in [0.2, 0.25) is 0 Å². The maximum absolute atomic E-state index is 11.7. The van der Waals surface area contributed by atoms with Crippen LogP contribution in [-0.2, 0) is 4.79 Å². The third-order valence-corrected chi connectivity index (χ3v) is 3.52. The third kappa shape index (κ3) is 1.64. The van der Waals surface area contributed by atoms with Crippen molar-refractivity contribution in [3.05, 3.63) is 0 Å². The zero-order chi connectivity index (χ0) is 9.64. The largest absolute Gasteiger partial charge is 0.393 e. The van der Waals surface area contributed by atoms with Crippen molar-refractivity contribution in [2.75, 3.05) is 0 Å². The number of aliphatic hydroxyl groups is 1. The van der Waals surface area contributed by atoms with Crippen molar-refractivity contribution in [1.82, 2.24) is 0 Å². The molecule has 74 valence electrons. The van der Waals surface area contributed by atoms with Crippen LogP contribution >= 0.6 is 0 Å². The first-order chi connectivity index (χ1) is 5.98. The van der Waals surface area contributed by atoms with Crippen LogP contribution in [0.5, 0.6) is 0 Å². The highest BCUT2D eigenvalue weighted by atomic mass is 16.3.